The van der Waals surface area contributed by atoms with Crippen LogP contribution in [0.25, 0.3) is 10.2 Å². The Morgan fingerprint density at radius 2 is 1.97 bits per heavy atom. The number of carbonyl (C=O) groups is 1. The van der Waals surface area contributed by atoms with Crippen molar-refractivity contribution in [3.8, 4) is 0 Å². The van der Waals surface area contributed by atoms with E-state index in [0.29, 0.717) is 11.8 Å². The molecule has 3 aromatic rings. The smallest absolute Gasteiger partial charge is 0.289 e. The molecule has 180 valence electrons. The third kappa shape index (κ3) is 4.33. The summed E-state index contributed by atoms with van der Waals surface area (Å²) in [5.41, 5.74) is 1.46. The third-order valence-corrected chi connectivity index (χ3v) is 8.89. The third-order valence-electron chi connectivity index (χ3n) is 7.71. The van der Waals surface area contributed by atoms with Crippen LogP contribution in [-0.4, -0.2) is 57.9 Å². The first kappa shape index (κ1) is 22.0. The zero-order valence-corrected chi connectivity index (χ0v) is 20.7. The molecule has 1 N–H and O–H groups in total. The van der Waals surface area contributed by atoms with E-state index in [1.54, 1.807) is 18.4 Å². The van der Waals surface area contributed by atoms with Crippen LogP contribution in [0.2, 0.25) is 0 Å². The largest absolute Gasteiger partial charge is 0.459 e. The van der Waals surface area contributed by atoms with Gasteiger partial charge in [-0.05, 0) is 81.6 Å². The molecule has 0 spiro atoms. The highest BCUT2D eigenvalue weighted by atomic mass is 32.1. The Bertz CT molecular complexity index is 1160. The zero-order valence-electron chi connectivity index (χ0n) is 19.9. The number of rotatable bonds is 5. The number of likely N-dealkylation sites (tertiary alicyclic amines) is 2. The molecular weight excluding hydrogens is 446 g/mol. The van der Waals surface area contributed by atoms with E-state index in [4.69, 9.17) is 14.4 Å². The van der Waals surface area contributed by atoms with Crippen molar-refractivity contribution < 1.29 is 9.21 Å². The second-order valence-electron chi connectivity index (χ2n) is 10.2. The van der Waals surface area contributed by atoms with E-state index in [2.05, 4.69) is 17.1 Å². The van der Waals surface area contributed by atoms with Crippen LogP contribution in [0.5, 0.6) is 0 Å². The molecule has 7 nitrogen and oxygen atoms in total. The fourth-order valence-corrected chi connectivity index (χ4v) is 6.89. The summed E-state index contributed by atoms with van der Waals surface area (Å²) in [6.07, 6.45) is 9.43. The van der Waals surface area contributed by atoms with E-state index in [1.165, 1.54) is 41.5 Å². The summed E-state index contributed by atoms with van der Waals surface area (Å²) in [5, 5.41) is 5.05. The van der Waals surface area contributed by atoms with Gasteiger partial charge < -0.3 is 14.6 Å². The molecule has 3 aromatic heterocycles. The van der Waals surface area contributed by atoms with Crippen LogP contribution in [-0.2, 0) is 19.4 Å². The number of hydrogen-bond acceptors (Lipinski definition) is 7. The number of aromatic nitrogens is 2. The van der Waals surface area contributed by atoms with Gasteiger partial charge in [0.05, 0.1) is 18.2 Å². The predicted molar refractivity (Wildman–Crippen MR) is 134 cm³/mol. The van der Waals surface area contributed by atoms with Crippen molar-refractivity contribution in [2.75, 3.05) is 31.5 Å². The minimum Gasteiger partial charge on any atom is -0.459 e. The molecule has 3 aliphatic rings. The van der Waals surface area contributed by atoms with Crippen molar-refractivity contribution in [3.63, 3.8) is 0 Å². The van der Waals surface area contributed by atoms with Gasteiger partial charge in [-0.25, -0.2) is 9.97 Å². The van der Waals surface area contributed by atoms with Gasteiger partial charge >= 0.3 is 0 Å². The molecule has 2 saturated heterocycles. The molecule has 2 aliphatic heterocycles. The first-order valence-electron chi connectivity index (χ1n) is 12.8. The van der Waals surface area contributed by atoms with Crippen LogP contribution in [0.15, 0.2) is 22.8 Å². The van der Waals surface area contributed by atoms with Gasteiger partial charge in [-0.15, -0.1) is 11.3 Å². The summed E-state index contributed by atoms with van der Waals surface area (Å²) in [5.74, 6) is 3.19. The Kier molecular flexibility index (Phi) is 6.03. The van der Waals surface area contributed by atoms with E-state index in [0.717, 1.165) is 74.4 Å². The molecule has 0 atom stereocenters. The number of anilines is 1. The van der Waals surface area contributed by atoms with Crippen LogP contribution in [0, 0.1) is 5.92 Å². The number of piperidine rings is 2. The average Bonchev–Trinajstić information content (AvgIpc) is 3.58. The molecule has 5 heterocycles. The molecule has 0 unspecified atom stereocenters. The van der Waals surface area contributed by atoms with Gasteiger partial charge in [0, 0.05) is 24.0 Å². The molecule has 2 fully saturated rings. The van der Waals surface area contributed by atoms with Gasteiger partial charge in [0.1, 0.15) is 16.5 Å². The number of nitrogens with one attached hydrogen (secondary N) is 1. The summed E-state index contributed by atoms with van der Waals surface area (Å²) in [4.78, 5) is 29.8. The van der Waals surface area contributed by atoms with E-state index in [9.17, 15) is 4.79 Å². The second kappa shape index (κ2) is 9.30. The Hall–Kier alpha value is -2.45. The van der Waals surface area contributed by atoms with Crippen molar-refractivity contribution in [1.29, 1.82) is 0 Å². The predicted octanol–water partition coefficient (Wildman–Crippen LogP) is 4.72. The van der Waals surface area contributed by atoms with Crippen LogP contribution in [0.3, 0.4) is 0 Å². The summed E-state index contributed by atoms with van der Waals surface area (Å²) < 4.78 is 5.31. The molecule has 1 aliphatic carbocycles. The summed E-state index contributed by atoms with van der Waals surface area (Å²) in [7, 11) is 0. The highest BCUT2D eigenvalue weighted by Crippen LogP contribution is 2.40. The van der Waals surface area contributed by atoms with Crippen molar-refractivity contribution in [2.24, 2.45) is 5.92 Å². The van der Waals surface area contributed by atoms with Gasteiger partial charge in [-0.1, -0.05) is 6.92 Å². The van der Waals surface area contributed by atoms with Crippen molar-refractivity contribution in [3.05, 3.63) is 40.4 Å². The molecule has 0 aromatic carbocycles. The first-order valence-corrected chi connectivity index (χ1v) is 13.6. The number of furan rings is 1. The summed E-state index contributed by atoms with van der Waals surface area (Å²) >= 11 is 1.87. The van der Waals surface area contributed by atoms with Crippen molar-refractivity contribution >= 4 is 33.3 Å². The van der Waals surface area contributed by atoms with E-state index >= 15 is 0 Å². The lowest BCUT2D eigenvalue weighted by Crippen LogP contribution is -2.42. The van der Waals surface area contributed by atoms with E-state index in [1.807, 2.05) is 16.2 Å². The number of carbonyl (C=O) groups excluding carboxylic acids is 1. The number of amides is 1. The van der Waals surface area contributed by atoms with Crippen molar-refractivity contribution in [2.45, 2.75) is 64.5 Å². The Balaban J connectivity index is 1.20. The van der Waals surface area contributed by atoms with Crippen LogP contribution in [0.4, 0.5) is 5.82 Å². The van der Waals surface area contributed by atoms with Crippen LogP contribution >= 0.6 is 11.3 Å². The summed E-state index contributed by atoms with van der Waals surface area (Å²) in [6.45, 7) is 6.90. The lowest BCUT2D eigenvalue weighted by molar-refractivity contribution is 0.0686. The number of nitrogens with zero attached hydrogens (tertiary/aromatic N) is 4. The van der Waals surface area contributed by atoms with Crippen LogP contribution < -0.4 is 5.32 Å². The molecule has 6 rings (SSSR count). The minimum atomic E-state index is -0.0123. The molecule has 8 heteroatoms. The number of aryl methyl sites for hydroxylation is 2. The quantitative estimate of drug-likeness (QED) is 0.571. The van der Waals surface area contributed by atoms with Crippen molar-refractivity contribution in [1.82, 2.24) is 19.8 Å². The highest BCUT2D eigenvalue weighted by molar-refractivity contribution is 7.19. The Morgan fingerprint density at radius 1 is 1.15 bits per heavy atom. The number of fused-ring (bicyclic) bond motifs is 3. The highest BCUT2D eigenvalue weighted by Gasteiger charge is 2.28. The fourth-order valence-electron chi connectivity index (χ4n) is 5.61. The first-order chi connectivity index (χ1) is 16.6. The van der Waals surface area contributed by atoms with Gasteiger partial charge in [0.25, 0.3) is 5.91 Å². The Morgan fingerprint density at radius 3 is 2.74 bits per heavy atom. The maximum absolute atomic E-state index is 12.6. The molecule has 0 radical (unpaired) electrons. The maximum atomic E-state index is 12.6. The number of hydrogen-bond donors (Lipinski definition) is 1. The molecule has 0 bridgehead atoms. The second-order valence-corrected chi connectivity index (χ2v) is 11.3. The normalized spacial score (nSPS) is 20.2. The fraction of sp³-hybridized carbons (Fsp3) is 0.577. The lowest BCUT2D eigenvalue weighted by atomic mass is 9.99. The minimum absolute atomic E-state index is 0.0123. The SMILES string of the molecule is CC1CCN(Cc2nc(NC3CCN(C(=O)c4ccco4)CC3)c3c4c(sc3n2)CCC4)CC1. The Labute approximate surface area is 204 Å². The topological polar surface area (TPSA) is 74.5 Å². The standard InChI is InChI=1S/C26H33N5O2S/c1-17-7-11-30(12-8-17)16-22-28-24(23-19-4-2-6-21(19)34-25(23)29-22)27-18-9-13-31(14-10-18)26(32)20-5-3-15-33-20/h3,5,15,17-18H,2,4,6-14,16H2,1H3,(H,27,28,29). The van der Waals surface area contributed by atoms with E-state index < -0.39 is 0 Å². The zero-order chi connectivity index (χ0) is 23.1. The van der Waals surface area contributed by atoms with E-state index in [-0.39, 0.29) is 5.91 Å². The molecule has 0 saturated carbocycles. The lowest BCUT2D eigenvalue weighted by Gasteiger charge is -2.32. The number of thiophene rings is 1. The molecule has 1 amide bonds. The molecular formula is C26H33N5O2S. The van der Waals surface area contributed by atoms with Gasteiger partial charge in [0.15, 0.2) is 5.76 Å². The van der Waals surface area contributed by atoms with Gasteiger partial charge in [0.2, 0.25) is 0 Å². The van der Waals surface area contributed by atoms with Gasteiger partial charge in [-0.2, -0.15) is 0 Å². The summed E-state index contributed by atoms with van der Waals surface area (Å²) in [6, 6.07) is 3.81. The van der Waals surface area contributed by atoms with Crippen LogP contribution in [0.1, 0.15) is 65.8 Å². The monoisotopic (exact) mass is 479 g/mol. The van der Waals surface area contributed by atoms with Gasteiger partial charge in [-0.3, -0.25) is 9.69 Å². The maximum Gasteiger partial charge on any atom is 0.289 e. The average molecular weight is 480 g/mol. The molecule has 34 heavy (non-hydrogen) atoms.